The minimum atomic E-state index is -0.388. The first kappa shape index (κ1) is 24.5. The van der Waals surface area contributed by atoms with E-state index in [1.807, 2.05) is 30.3 Å². The molecule has 0 saturated heterocycles. The van der Waals surface area contributed by atoms with Crippen molar-refractivity contribution in [3.05, 3.63) is 66.7 Å². The summed E-state index contributed by atoms with van der Waals surface area (Å²) in [6.45, 7) is 7.31. The summed E-state index contributed by atoms with van der Waals surface area (Å²) in [6.07, 6.45) is 12.4. The molecule has 0 atom stereocenters. The summed E-state index contributed by atoms with van der Waals surface area (Å²) in [4.78, 5) is 12.4. The highest BCUT2D eigenvalue weighted by atomic mass is 16.5. The number of hydrogen-bond donors (Lipinski definition) is 0. The lowest BCUT2D eigenvalue weighted by molar-refractivity contribution is 0.0734. The maximum atomic E-state index is 12.4. The van der Waals surface area contributed by atoms with Gasteiger partial charge in [-0.3, -0.25) is 0 Å². The van der Waals surface area contributed by atoms with Gasteiger partial charge in [-0.15, -0.1) is 6.58 Å². The third-order valence-electron chi connectivity index (χ3n) is 4.96. The van der Waals surface area contributed by atoms with E-state index < -0.39 is 0 Å². The van der Waals surface area contributed by atoms with Gasteiger partial charge in [-0.1, -0.05) is 45.1 Å². The Morgan fingerprint density at radius 1 is 0.742 bits per heavy atom. The molecule has 0 aliphatic heterocycles. The number of rotatable bonds is 16. The summed E-state index contributed by atoms with van der Waals surface area (Å²) >= 11 is 0. The smallest absolute Gasteiger partial charge is 0.343 e. The van der Waals surface area contributed by atoms with Gasteiger partial charge in [0.1, 0.15) is 17.2 Å². The van der Waals surface area contributed by atoms with Crippen LogP contribution in [-0.4, -0.2) is 19.2 Å². The molecule has 0 saturated carbocycles. The summed E-state index contributed by atoms with van der Waals surface area (Å²) in [7, 11) is 0. The zero-order valence-electron chi connectivity index (χ0n) is 18.8. The van der Waals surface area contributed by atoms with E-state index in [0.717, 1.165) is 37.2 Å². The van der Waals surface area contributed by atoms with Gasteiger partial charge >= 0.3 is 5.97 Å². The first-order chi connectivity index (χ1) is 15.2. The predicted octanol–water partition coefficient (Wildman–Crippen LogP) is 7.38. The third-order valence-corrected chi connectivity index (χ3v) is 4.96. The van der Waals surface area contributed by atoms with Crippen LogP contribution in [0, 0.1) is 0 Å². The molecule has 0 aromatic heterocycles. The van der Waals surface area contributed by atoms with Crippen molar-refractivity contribution in [3.8, 4) is 17.2 Å². The molecule has 0 spiro atoms. The van der Waals surface area contributed by atoms with Gasteiger partial charge in [-0.05, 0) is 74.2 Å². The van der Waals surface area contributed by atoms with Crippen molar-refractivity contribution in [3.63, 3.8) is 0 Å². The van der Waals surface area contributed by atoms with Crippen LogP contribution in [0.4, 0.5) is 0 Å². The van der Waals surface area contributed by atoms with Crippen LogP contribution < -0.4 is 14.2 Å². The molecule has 0 N–H and O–H groups in total. The van der Waals surface area contributed by atoms with Gasteiger partial charge < -0.3 is 14.2 Å². The second-order valence-corrected chi connectivity index (χ2v) is 7.63. The fourth-order valence-corrected chi connectivity index (χ4v) is 3.11. The fourth-order valence-electron chi connectivity index (χ4n) is 3.11. The maximum absolute atomic E-state index is 12.4. The number of esters is 1. The van der Waals surface area contributed by atoms with E-state index in [4.69, 9.17) is 14.2 Å². The van der Waals surface area contributed by atoms with Gasteiger partial charge in [0.2, 0.25) is 0 Å². The first-order valence-corrected chi connectivity index (χ1v) is 11.5. The van der Waals surface area contributed by atoms with Crippen LogP contribution in [0.25, 0.3) is 0 Å². The Morgan fingerprint density at radius 2 is 1.26 bits per heavy atom. The summed E-state index contributed by atoms with van der Waals surface area (Å²) in [6, 6.07) is 14.2. The summed E-state index contributed by atoms with van der Waals surface area (Å²) in [5, 5.41) is 0. The van der Waals surface area contributed by atoms with Gasteiger partial charge in [0.25, 0.3) is 0 Å². The van der Waals surface area contributed by atoms with Crippen LogP contribution in [0.2, 0.25) is 0 Å². The fraction of sp³-hybridized carbons (Fsp3) is 0.444. The maximum Gasteiger partial charge on any atom is 0.343 e. The SMILES string of the molecule is C=CCCCCOc1ccc(OC(=O)c2ccc(OCCCCCCCC)cc2)cc1. The van der Waals surface area contributed by atoms with Crippen molar-refractivity contribution < 1.29 is 19.0 Å². The van der Waals surface area contributed by atoms with Crippen molar-refractivity contribution in [2.24, 2.45) is 0 Å². The molecule has 0 unspecified atom stereocenters. The Balaban J connectivity index is 1.70. The normalized spacial score (nSPS) is 10.5. The van der Waals surface area contributed by atoms with E-state index in [9.17, 15) is 4.79 Å². The Bertz CT molecular complexity index is 750. The van der Waals surface area contributed by atoms with Crippen LogP contribution in [0.5, 0.6) is 17.2 Å². The Hall–Kier alpha value is -2.75. The lowest BCUT2D eigenvalue weighted by Gasteiger charge is -2.09. The zero-order chi connectivity index (χ0) is 22.2. The number of ether oxygens (including phenoxy) is 3. The van der Waals surface area contributed by atoms with E-state index in [1.165, 1.54) is 32.1 Å². The van der Waals surface area contributed by atoms with Crippen molar-refractivity contribution in [2.45, 2.75) is 64.7 Å². The molecule has 4 nitrogen and oxygen atoms in total. The van der Waals surface area contributed by atoms with Gasteiger partial charge in [0, 0.05) is 0 Å². The van der Waals surface area contributed by atoms with Gasteiger partial charge in [0.05, 0.1) is 18.8 Å². The van der Waals surface area contributed by atoms with Gasteiger partial charge in [-0.25, -0.2) is 4.79 Å². The molecule has 0 heterocycles. The van der Waals surface area contributed by atoms with Gasteiger partial charge in [0.15, 0.2) is 0 Å². The van der Waals surface area contributed by atoms with Crippen LogP contribution in [0.3, 0.4) is 0 Å². The largest absolute Gasteiger partial charge is 0.494 e. The highest BCUT2D eigenvalue weighted by Crippen LogP contribution is 2.20. The van der Waals surface area contributed by atoms with E-state index in [-0.39, 0.29) is 5.97 Å². The molecule has 0 radical (unpaired) electrons. The molecule has 2 rings (SSSR count). The molecule has 0 aliphatic rings. The summed E-state index contributed by atoms with van der Waals surface area (Å²) in [5.74, 6) is 1.65. The molecule has 2 aromatic carbocycles. The van der Waals surface area contributed by atoms with Crippen molar-refractivity contribution in [1.29, 1.82) is 0 Å². The number of allylic oxidation sites excluding steroid dienone is 1. The molecule has 0 bridgehead atoms. The first-order valence-electron chi connectivity index (χ1n) is 11.5. The van der Waals surface area contributed by atoms with E-state index >= 15 is 0 Å². The molecular weight excluding hydrogens is 388 g/mol. The minimum Gasteiger partial charge on any atom is -0.494 e. The Morgan fingerprint density at radius 3 is 1.87 bits per heavy atom. The third kappa shape index (κ3) is 10.2. The second kappa shape index (κ2) is 15.1. The summed E-state index contributed by atoms with van der Waals surface area (Å²) < 4.78 is 16.9. The Kier molecular flexibility index (Phi) is 12.0. The topological polar surface area (TPSA) is 44.8 Å². The molecule has 0 amide bonds. The van der Waals surface area contributed by atoms with Crippen LogP contribution >= 0.6 is 0 Å². The quantitative estimate of drug-likeness (QED) is 0.122. The molecule has 31 heavy (non-hydrogen) atoms. The van der Waals surface area contributed by atoms with Crippen LogP contribution in [0.1, 0.15) is 75.1 Å². The molecule has 0 aliphatic carbocycles. The average molecular weight is 425 g/mol. The van der Waals surface area contributed by atoms with E-state index in [2.05, 4.69) is 13.5 Å². The van der Waals surface area contributed by atoms with Crippen molar-refractivity contribution in [1.82, 2.24) is 0 Å². The van der Waals surface area contributed by atoms with Gasteiger partial charge in [-0.2, -0.15) is 0 Å². The average Bonchev–Trinajstić information content (AvgIpc) is 2.80. The van der Waals surface area contributed by atoms with Crippen molar-refractivity contribution in [2.75, 3.05) is 13.2 Å². The zero-order valence-corrected chi connectivity index (χ0v) is 18.8. The number of benzene rings is 2. The lowest BCUT2D eigenvalue weighted by atomic mass is 10.1. The molecule has 168 valence electrons. The predicted molar refractivity (Wildman–Crippen MR) is 126 cm³/mol. The number of hydrogen-bond acceptors (Lipinski definition) is 4. The number of unbranched alkanes of at least 4 members (excludes halogenated alkanes) is 7. The second-order valence-electron chi connectivity index (χ2n) is 7.63. The molecular formula is C27H36O4. The molecule has 0 fully saturated rings. The van der Waals surface area contributed by atoms with Crippen LogP contribution in [-0.2, 0) is 0 Å². The Labute approximate surface area is 187 Å². The standard InChI is InChI=1S/C27H36O4/c1-3-5-7-9-10-12-22-29-24-15-13-23(14-16-24)27(28)31-26-19-17-25(18-20-26)30-21-11-8-6-4-2/h4,13-20H,2-3,5-12,21-22H2,1H3. The highest BCUT2D eigenvalue weighted by Gasteiger charge is 2.09. The monoisotopic (exact) mass is 424 g/mol. The highest BCUT2D eigenvalue weighted by molar-refractivity contribution is 5.91. The van der Waals surface area contributed by atoms with Crippen LogP contribution in [0.15, 0.2) is 61.2 Å². The number of carbonyl (C=O) groups excluding carboxylic acids is 1. The van der Waals surface area contributed by atoms with E-state index in [0.29, 0.717) is 24.5 Å². The summed E-state index contributed by atoms with van der Waals surface area (Å²) in [5.41, 5.74) is 0.495. The molecule has 2 aromatic rings. The molecule has 4 heteroatoms. The van der Waals surface area contributed by atoms with E-state index in [1.54, 1.807) is 24.3 Å². The number of carbonyl (C=O) groups is 1. The minimum absolute atomic E-state index is 0.388. The lowest BCUT2D eigenvalue weighted by Crippen LogP contribution is -2.08. The van der Waals surface area contributed by atoms with Crippen molar-refractivity contribution >= 4 is 5.97 Å².